The van der Waals surface area contributed by atoms with Gasteiger partial charge < -0.3 is 15.4 Å². The van der Waals surface area contributed by atoms with Gasteiger partial charge in [-0.25, -0.2) is 0 Å². The van der Waals surface area contributed by atoms with Crippen LogP contribution in [0, 0.1) is 10.1 Å². The fourth-order valence-electron chi connectivity index (χ4n) is 2.77. The van der Waals surface area contributed by atoms with Crippen LogP contribution in [0.5, 0.6) is 11.5 Å². The lowest BCUT2D eigenvalue weighted by Gasteiger charge is -2.15. The van der Waals surface area contributed by atoms with E-state index >= 15 is 0 Å². The summed E-state index contributed by atoms with van der Waals surface area (Å²) in [4.78, 5) is 35.1. The van der Waals surface area contributed by atoms with Crippen LogP contribution in [0.1, 0.15) is 24.5 Å². The number of hydrogen-bond acceptors (Lipinski definition) is 5. The zero-order valence-corrected chi connectivity index (χ0v) is 14.7. The van der Waals surface area contributed by atoms with Crippen molar-refractivity contribution in [1.82, 2.24) is 10.6 Å². The normalized spacial score (nSPS) is 17.6. The van der Waals surface area contributed by atoms with Crippen LogP contribution in [0.4, 0.5) is 5.69 Å². The summed E-state index contributed by atoms with van der Waals surface area (Å²) in [6, 6.07) is 10.9. The molecule has 1 atom stereocenters. The lowest BCUT2D eigenvalue weighted by atomic mass is 10.1. The lowest BCUT2D eigenvalue weighted by molar-refractivity contribution is -0.385. The second-order valence-corrected chi connectivity index (χ2v) is 6.32. The second-order valence-electron chi connectivity index (χ2n) is 6.32. The van der Waals surface area contributed by atoms with Gasteiger partial charge in [-0.15, -0.1) is 0 Å². The van der Waals surface area contributed by atoms with Crippen molar-refractivity contribution in [3.05, 3.63) is 63.7 Å². The Balaban J connectivity index is 1.97. The Morgan fingerprint density at radius 2 is 1.93 bits per heavy atom. The molecule has 8 nitrogen and oxygen atoms in total. The SMILES string of the molecule is C[C@H]1NC(=O)CCc2ccc(c([N+](=O)[O-])c2)Oc2cccc(c2)CNC1=O. The molecule has 0 aliphatic carbocycles. The minimum atomic E-state index is -0.679. The number of nitrogens with one attached hydrogen (secondary N) is 2. The molecule has 8 heteroatoms. The van der Waals surface area contributed by atoms with Gasteiger partial charge in [-0.2, -0.15) is 0 Å². The van der Waals surface area contributed by atoms with Crippen LogP contribution in [0.2, 0.25) is 0 Å². The number of hydrogen-bond donors (Lipinski definition) is 2. The number of nitrogens with zero attached hydrogens (tertiary/aromatic N) is 1. The number of amides is 2. The van der Waals surface area contributed by atoms with Crippen molar-refractivity contribution < 1.29 is 19.2 Å². The van der Waals surface area contributed by atoms with Crippen molar-refractivity contribution >= 4 is 17.5 Å². The average Bonchev–Trinajstić information content (AvgIpc) is 2.64. The molecular formula is C19H19N3O5. The van der Waals surface area contributed by atoms with Crippen molar-refractivity contribution in [2.75, 3.05) is 0 Å². The van der Waals surface area contributed by atoms with E-state index in [1.165, 1.54) is 12.1 Å². The molecule has 2 heterocycles. The summed E-state index contributed by atoms with van der Waals surface area (Å²) in [6.45, 7) is 1.85. The number of nitro benzene ring substituents is 1. The molecule has 4 bridgehead atoms. The third kappa shape index (κ3) is 4.60. The summed E-state index contributed by atoms with van der Waals surface area (Å²) < 4.78 is 5.70. The predicted molar refractivity (Wildman–Crippen MR) is 97.4 cm³/mol. The quantitative estimate of drug-likeness (QED) is 0.592. The number of carbonyl (C=O) groups excluding carboxylic acids is 2. The Morgan fingerprint density at radius 3 is 2.70 bits per heavy atom. The van der Waals surface area contributed by atoms with Gasteiger partial charge in [0, 0.05) is 19.0 Å². The predicted octanol–water partition coefficient (Wildman–Crippen LogP) is 2.45. The van der Waals surface area contributed by atoms with Gasteiger partial charge in [0.15, 0.2) is 0 Å². The van der Waals surface area contributed by atoms with Crippen molar-refractivity contribution in [2.24, 2.45) is 0 Å². The fourth-order valence-corrected chi connectivity index (χ4v) is 2.77. The molecule has 0 fully saturated rings. The van der Waals surface area contributed by atoms with Gasteiger partial charge in [0.1, 0.15) is 11.8 Å². The van der Waals surface area contributed by atoms with Crippen LogP contribution in [0.25, 0.3) is 0 Å². The molecule has 0 saturated heterocycles. The number of aryl methyl sites for hydroxylation is 1. The number of rotatable bonds is 1. The van der Waals surface area contributed by atoms with E-state index in [1.54, 1.807) is 37.3 Å². The van der Waals surface area contributed by atoms with E-state index < -0.39 is 11.0 Å². The summed E-state index contributed by atoms with van der Waals surface area (Å²) in [5.74, 6) is -0.0309. The summed E-state index contributed by atoms with van der Waals surface area (Å²) in [7, 11) is 0. The van der Waals surface area contributed by atoms with Crippen molar-refractivity contribution in [1.29, 1.82) is 0 Å². The standard InChI is InChI=1S/C19H19N3O5/c1-12-19(24)20-11-14-3-2-4-15(9-14)27-17-7-5-13(6-8-18(23)21-12)10-16(17)22(25)26/h2-5,7,9-10,12H,6,8,11H2,1H3,(H,20,24)(H,21,23)/t12-/m1/s1. The molecule has 0 aromatic heterocycles. The maximum Gasteiger partial charge on any atom is 0.311 e. The summed E-state index contributed by atoms with van der Waals surface area (Å²) in [5, 5.41) is 16.8. The first kappa shape index (κ1) is 18.4. The Labute approximate surface area is 155 Å². The lowest BCUT2D eigenvalue weighted by Crippen LogP contribution is -2.44. The zero-order chi connectivity index (χ0) is 19.4. The van der Waals surface area contributed by atoms with Crippen molar-refractivity contribution in [3.63, 3.8) is 0 Å². The molecule has 2 aliphatic rings. The van der Waals surface area contributed by atoms with Crippen LogP contribution in [0.3, 0.4) is 0 Å². The van der Waals surface area contributed by atoms with Crippen molar-refractivity contribution in [2.45, 2.75) is 32.4 Å². The number of ether oxygens (including phenoxy) is 1. The van der Waals surface area contributed by atoms with Gasteiger partial charge in [-0.05, 0) is 42.7 Å². The molecule has 2 N–H and O–H groups in total. The largest absolute Gasteiger partial charge is 0.450 e. The fraction of sp³-hybridized carbons (Fsp3) is 0.263. The minimum absolute atomic E-state index is 0.119. The second kappa shape index (κ2) is 7.86. The molecule has 2 aromatic carbocycles. The smallest absolute Gasteiger partial charge is 0.311 e. The number of fused-ring (bicyclic) bond motifs is 9. The van der Waals surface area contributed by atoms with Gasteiger partial charge >= 0.3 is 5.69 Å². The molecular weight excluding hydrogens is 350 g/mol. The summed E-state index contributed by atoms with van der Waals surface area (Å²) in [5.41, 5.74) is 1.25. The summed E-state index contributed by atoms with van der Waals surface area (Å²) in [6.07, 6.45) is 0.435. The van der Waals surface area contributed by atoms with E-state index in [1.807, 2.05) is 0 Å². The number of nitro groups is 1. The van der Waals surface area contributed by atoms with E-state index in [0.29, 0.717) is 17.7 Å². The number of benzene rings is 2. The van der Waals surface area contributed by atoms with Gasteiger partial charge in [0.2, 0.25) is 17.6 Å². The van der Waals surface area contributed by atoms with Crippen LogP contribution in [-0.4, -0.2) is 22.8 Å². The average molecular weight is 369 g/mol. The van der Waals surface area contributed by atoms with Crippen LogP contribution < -0.4 is 15.4 Å². The first-order valence-electron chi connectivity index (χ1n) is 8.53. The maximum absolute atomic E-state index is 12.1. The van der Waals surface area contributed by atoms with Gasteiger partial charge in [0.25, 0.3) is 0 Å². The summed E-state index contributed by atoms with van der Waals surface area (Å²) >= 11 is 0. The monoisotopic (exact) mass is 369 g/mol. The van der Waals surface area contributed by atoms with Crippen LogP contribution in [-0.2, 0) is 22.6 Å². The van der Waals surface area contributed by atoms with E-state index in [0.717, 1.165) is 5.56 Å². The molecule has 0 radical (unpaired) electrons. The molecule has 2 aromatic rings. The van der Waals surface area contributed by atoms with Gasteiger partial charge in [-0.3, -0.25) is 19.7 Å². The first-order chi connectivity index (χ1) is 12.9. The molecule has 0 unspecified atom stereocenters. The molecule has 140 valence electrons. The van der Waals surface area contributed by atoms with Gasteiger partial charge in [-0.1, -0.05) is 18.2 Å². The third-order valence-corrected chi connectivity index (χ3v) is 4.22. The Kier molecular flexibility index (Phi) is 5.35. The molecule has 0 spiro atoms. The van der Waals surface area contributed by atoms with E-state index in [2.05, 4.69) is 10.6 Å². The highest BCUT2D eigenvalue weighted by Crippen LogP contribution is 2.32. The maximum atomic E-state index is 12.1. The van der Waals surface area contributed by atoms with E-state index in [4.69, 9.17) is 4.74 Å². The molecule has 2 aliphatic heterocycles. The van der Waals surface area contributed by atoms with Crippen LogP contribution >= 0.6 is 0 Å². The van der Waals surface area contributed by atoms with Crippen LogP contribution in [0.15, 0.2) is 42.5 Å². The molecule has 4 rings (SSSR count). The first-order valence-corrected chi connectivity index (χ1v) is 8.53. The third-order valence-electron chi connectivity index (χ3n) is 4.22. The highest BCUT2D eigenvalue weighted by atomic mass is 16.6. The topological polar surface area (TPSA) is 111 Å². The zero-order valence-electron chi connectivity index (χ0n) is 14.7. The minimum Gasteiger partial charge on any atom is -0.450 e. The van der Waals surface area contributed by atoms with Crippen molar-refractivity contribution in [3.8, 4) is 11.5 Å². The molecule has 0 saturated carbocycles. The number of carbonyl (C=O) groups is 2. The van der Waals surface area contributed by atoms with Gasteiger partial charge in [0.05, 0.1) is 4.92 Å². The Hall–Kier alpha value is -3.42. The molecule has 27 heavy (non-hydrogen) atoms. The molecule has 2 amide bonds. The highest BCUT2D eigenvalue weighted by molar-refractivity contribution is 5.87. The Bertz CT molecular complexity index is 897. The van der Waals surface area contributed by atoms with E-state index in [-0.39, 0.29) is 36.2 Å². The van der Waals surface area contributed by atoms with E-state index in [9.17, 15) is 19.7 Å². The Morgan fingerprint density at radius 1 is 1.11 bits per heavy atom. The highest BCUT2D eigenvalue weighted by Gasteiger charge is 2.19.